The molecule has 0 bridgehead atoms. The molecule has 140 valence electrons. The van der Waals surface area contributed by atoms with Crippen molar-refractivity contribution in [3.8, 4) is 11.5 Å². The normalized spacial score (nSPS) is 13.6. The largest absolute Gasteiger partial charge is 0.493 e. The Morgan fingerprint density at radius 1 is 1.11 bits per heavy atom. The van der Waals surface area contributed by atoms with Crippen molar-refractivity contribution in [2.45, 2.75) is 19.9 Å². The maximum atomic E-state index is 13.2. The van der Waals surface area contributed by atoms with E-state index in [0.29, 0.717) is 29.6 Å². The number of hydrogen-bond acceptors (Lipinski definition) is 3. The van der Waals surface area contributed by atoms with E-state index in [1.54, 1.807) is 14.2 Å². The number of nitrogens with zero attached hydrogens (tertiary/aromatic N) is 1. The van der Waals surface area contributed by atoms with E-state index >= 15 is 0 Å². The summed E-state index contributed by atoms with van der Waals surface area (Å²) < 4.78 is 10.8. The third-order valence-corrected chi connectivity index (χ3v) is 5.47. The number of carbonyl (C=O) groups is 1. The molecule has 27 heavy (non-hydrogen) atoms. The third kappa shape index (κ3) is 3.02. The van der Waals surface area contributed by atoms with Gasteiger partial charge in [0, 0.05) is 29.0 Å². The van der Waals surface area contributed by atoms with Gasteiger partial charge in [-0.3, -0.25) is 4.79 Å². The van der Waals surface area contributed by atoms with Crippen molar-refractivity contribution in [3.05, 3.63) is 57.7 Å². The molecule has 2 aromatic carbocycles. The smallest absolute Gasteiger partial charge is 0.270 e. The van der Waals surface area contributed by atoms with Crippen LogP contribution in [0, 0.1) is 6.92 Å². The summed E-state index contributed by atoms with van der Waals surface area (Å²) in [5.74, 6) is 1.40. The van der Waals surface area contributed by atoms with Gasteiger partial charge in [-0.05, 0) is 54.3 Å². The van der Waals surface area contributed by atoms with Crippen molar-refractivity contribution in [3.63, 3.8) is 0 Å². The quantitative estimate of drug-likeness (QED) is 0.730. The highest BCUT2D eigenvalue weighted by Gasteiger charge is 2.26. The minimum absolute atomic E-state index is 0.000238. The van der Waals surface area contributed by atoms with Crippen molar-refractivity contribution >= 4 is 28.4 Å². The lowest BCUT2D eigenvalue weighted by molar-refractivity contribution is 0.0728. The first-order valence-electron chi connectivity index (χ1n) is 8.82. The number of fused-ring (bicyclic) bond motifs is 2. The number of benzene rings is 2. The van der Waals surface area contributed by atoms with Gasteiger partial charge in [-0.2, -0.15) is 0 Å². The van der Waals surface area contributed by atoms with Gasteiger partial charge in [0.1, 0.15) is 5.69 Å². The van der Waals surface area contributed by atoms with Crippen molar-refractivity contribution < 1.29 is 14.3 Å². The van der Waals surface area contributed by atoms with E-state index in [9.17, 15) is 4.79 Å². The number of amides is 1. The number of hydrogen-bond donors (Lipinski definition) is 1. The molecule has 4 rings (SSSR count). The molecule has 0 saturated carbocycles. The molecule has 3 aromatic rings. The van der Waals surface area contributed by atoms with Crippen LogP contribution < -0.4 is 9.47 Å². The van der Waals surface area contributed by atoms with Gasteiger partial charge in [-0.15, -0.1) is 0 Å². The second-order valence-electron chi connectivity index (χ2n) is 6.77. The Labute approximate surface area is 162 Å². The Balaban J connectivity index is 1.66. The number of rotatable bonds is 3. The van der Waals surface area contributed by atoms with E-state index in [2.05, 4.69) is 4.98 Å². The number of aromatic nitrogens is 1. The highest BCUT2D eigenvalue weighted by Crippen LogP contribution is 2.34. The minimum atomic E-state index is 0.000238. The summed E-state index contributed by atoms with van der Waals surface area (Å²) in [6.07, 6.45) is 0.784. The van der Waals surface area contributed by atoms with E-state index in [4.69, 9.17) is 21.1 Å². The van der Waals surface area contributed by atoms with Crippen LogP contribution >= 0.6 is 11.6 Å². The van der Waals surface area contributed by atoms with Crippen LogP contribution in [0.4, 0.5) is 0 Å². The summed E-state index contributed by atoms with van der Waals surface area (Å²) in [4.78, 5) is 18.3. The molecule has 0 atom stereocenters. The Morgan fingerprint density at radius 3 is 2.52 bits per heavy atom. The zero-order valence-corrected chi connectivity index (χ0v) is 16.3. The summed E-state index contributed by atoms with van der Waals surface area (Å²) in [5, 5.41) is 1.67. The number of aromatic amines is 1. The van der Waals surface area contributed by atoms with Crippen molar-refractivity contribution in [1.29, 1.82) is 0 Å². The van der Waals surface area contributed by atoms with Gasteiger partial charge in [0.2, 0.25) is 0 Å². The van der Waals surface area contributed by atoms with E-state index < -0.39 is 0 Å². The molecule has 2 heterocycles. The molecule has 5 nitrogen and oxygen atoms in total. The Morgan fingerprint density at radius 2 is 1.81 bits per heavy atom. The fourth-order valence-corrected chi connectivity index (χ4v) is 3.91. The van der Waals surface area contributed by atoms with Gasteiger partial charge in [-0.1, -0.05) is 17.7 Å². The number of ether oxygens (including phenoxy) is 2. The number of H-pyrrole nitrogens is 1. The SMILES string of the molecule is COc1cc2c(cc1OC)CN(C(=O)c1[nH]c3cc(Cl)ccc3c1C)CC2. The standard InChI is InChI=1S/C21H21ClN2O3/c1-12-16-5-4-15(22)10-17(16)23-20(12)21(25)24-7-6-13-8-18(26-2)19(27-3)9-14(13)11-24/h4-5,8-10,23H,6-7,11H2,1-3H3. The lowest BCUT2D eigenvalue weighted by atomic mass is 9.98. The molecule has 1 amide bonds. The fraction of sp³-hybridized carbons (Fsp3) is 0.286. The first kappa shape index (κ1) is 17.7. The molecule has 0 unspecified atom stereocenters. The van der Waals surface area contributed by atoms with Gasteiger partial charge in [0.25, 0.3) is 5.91 Å². The van der Waals surface area contributed by atoms with Crippen LogP contribution in [0.15, 0.2) is 30.3 Å². The number of aryl methyl sites for hydroxylation is 1. The summed E-state index contributed by atoms with van der Waals surface area (Å²) in [5.41, 5.74) is 4.73. The van der Waals surface area contributed by atoms with Crippen molar-refractivity contribution in [2.75, 3.05) is 20.8 Å². The summed E-state index contributed by atoms with van der Waals surface area (Å²) in [6, 6.07) is 9.61. The van der Waals surface area contributed by atoms with Gasteiger partial charge in [-0.25, -0.2) is 0 Å². The van der Waals surface area contributed by atoms with Crippen LogP contribution in [0.25, 0.3) is 10.9 Å². The predicted octanol–water partition coefficient (Wildman–Crippen LogP) is 4.35. The topological polar surface area (TPSA) is 54.6 Å². The number of nitrogens with one attached hydrogen (secondary N) is 1. The van der Waals surface area contributed by atoms with Crippen LogP contribution in [0.1, 0.15) is 27.2 Å². The van der Waals surface area contributed by atoms with Gasteiger partial charge in [0.15, 0.2) is 11.5 Å². The lowest BCUT2D eigenvalue weighted by Gasteiger charge is -2.29. The highest BCUT2D eigenvalue weighted by molar-refractivity contribution is 6.31. The van der Waals surface area contributed by atoms with Gasteiger partial charge < -0.3 is 19.4 Å². The minimum Gasteiger partial charge on any atom is -0.493 e. The monoisotopic (exact) mass is 384 g/mol. The molecule has 0 fully saturated rings. The first-order valence-corrected chi connectivity index (χ1v) is 9.20. The number of carbonyl (C=O) groups excluding carboxylic acids is 1. The van der Waals surface area contributed by atoms with Gasteiger partial charge in [0.05, 0.1) is 14.2 Å². The second kappa shape index (κ2) is 6.82. The van der Waals surface area contributed by atoms with Crippen LogP contribution in [-0.4, -0.2) is 36.6 Å². The average molecular weight is 385 g/mol. The van der Waals surface area contributed by atoms with Crippen LogP contribution in [0.3, 0.4) is 0 Å². The molecule has 1 aliphatic rings. The Hall–Kier alpha value is -2.66. The van der Waals surface area contributed by atoms with Gasteiger partial charge >= 0.3 is 0 Å². The molecule has 0 aliphatic carbocycles. The zero-order chi connectivity index (χ0) is 19.1. The molecule has 0 spiro atoms. The molecule has 0 radical (unpaired) electrons. The average Bonchev–Trinajstić information content (AvgIpc) is 3.01. The molecule has 0 saturated heterocycles. The maximum Gasteiger partial charge on any atom is 0.270 e. The molecular weight excluding hydrogens is 364 g/mol. The summed E-state index contributed by atoms with van der Waals surface area (Å²) in [7, 11) is 3.25. The van der Waals surface area contributed by atoms with Crippen LogP contribution in [0.2, 0.25) is 5.02 Å². The summed E-state index contributed by atoms with van der Waals surface area (Å²) >= 11 is 6.08. The zero-order valence-electron chi connectivity index (χ0n) is 15.6. The summed E-state index contributed by atoms with van der Waals surface area (Å²) in [6.45, 7) is 3.17. The third-order valence-electron chi connectivity index (χ3n) is 5.24. The Kier molecular flexibility index (Phi) is 4.48. The van der Waals surface area contributed by atoms with E-state index in [0.717, 1.165) is 34.2 Å². The molecule has 1 N–H and O–H groups in total. The first-order chi connectivity index (χ1) is 13.0. The molecule has 6 heteroatoms. The molecular formula is C21H21ClN2O3. The number of halogens is 1. The predicted molar refractivity (Wildman–Crippen MR) is 106 cm³/mol. The molecule has 1 aromatic heterocycles. The van der Waals surface area contributed by atoms with E-state index in [-0.39, 0.29) is 5.91 Å². The Bertz CT molecular complexity index is 1040. The van der Waals surface area contributed by atoms with Crippen molar-refractivity contribution in [2.24, 2.45) is 0 Å². The second-order valence-corrected chi connectivity index (χ2v) is 7.20. The van der Waals surface area contributed by atoms with Crippen LogP contribution in [0.5, 0.6) is 11.5 Å². The fourth-order valence-electron chi connectivity index (χ4n) is 3.74. The molecule has 1 aliphatic heterocycles. The lowest BCUT2D eigenvalue weighted by Crippen LogP contribution is -2.36. The number of methoxy groups -OCH3 is 2. The van der Waals surface area contributed by atoms with Crippen molar-refractivity contribution in [1.82, 2.24) is 9.88 Å². The van der Waals surface area contributed by atoms with E-state index in [1.165, 1.54) is 5.56 Å². The highest BCUT2D eigenvalue weighted by atomic mass is 35.5. The van der Waals surface area contributed by atoms with E-state index in [1.807, 2.05) is 42.2 Å². The maximum absolute atomic E-state index is 13.2. The van der Waals surface area contributed by atoms with Crippen LogP contribution in [-0.2, 0) is 13.0 Å².